The first-order chi connectivity index (χ1) is 14.5. The lowest BCUT2D eigenvalue weighted by Crippen LogP contribution is -2.30. The van der Waals surface area contributed by atoms with E-state index >= 15 is 0 Å². The van der Waals surface area contributed by atoms with Gasteiger partial charge in [0, 0.05) is 6.54 Å². The Labute approximate surface area is 180 Å². The highest BCUT2D eigenvalue weighted by atomic mass is 16.5. The summed E-state index contributed by atoms with van der Waals surface area (Å²) in [6.45, 7) is 6.42. The fourth-order valence-electron chi connectivity index (χ4n) is 4.27. The van der Waals surface area contributed by atoms with E-state index < -0.39 is 12.1 Å². The molecule has 2 aromatic rings. The van der Waals surface area contributed by atoms with E-state index in [2.05, 4.69) is 50.1 Å². The zero-order valence-corrected chi connectivity index (χ0v) is 18.5. The highest BCUT2D eigenvalue weighted by Crippen LogP contribution is 2.32. The molecule has 2 aromatic carbocycles. The number of likely N-dealkylation sites (tertiary alicyclic amines) is 1. The molecule has 0 bridgehead atoms. The van der Waals surface area contributed by atoms with E-state index in [1.54, 1.807) is 0 Å². The van der Waals surface area contributed by atoms with Gasteiger partial charge in [0.05, 0.1) is 0 Å². The van der Waals surface area contributed by atoms with Crippen molar-refractivity contribution in [2.75, 3.05) is 20.1 Å². The number of piperidine rings is 1. The first kappa shape index (κ1) is 22.5. The first-order valence-electron chi connectivity index (χ1n) is 11.2. The molecular formula is C26H35NO3. The number of carboxylic acid groups (broad SMARTS) is 1. The molecule has 0 aromatic heterocycles. The average Bonchev–Trinajstić information content (AvgIpc) is 2.77. The van der Waals surface area contributed by atoms with E-state index in [-0.39, 0.29) is 6.10 Å². The Hall–Kier alpha value is -2.17. The van der Waals surface area contributed by atoms with Gasteiger partial charge in [0.1, 0.15) is 6.10 Å². The zero-order chi connectivity index (χ0) is 21.5. The number of aliphatic carboxylic acids is 1. The Balaban J connectivity index is 1.84. The molecule has 0 amide bonds. The molecule has 1 fully saturated rings. The highest BCUT2D eigenvalue weighted by molar-refractivity contribution is 5.72. The Morgan fingerprint density at radius 2 is 1.80 bits per heavy atom. The van der Waals surface area contributed by atoms with Crippen molar-refractivity contribution in [3.8, 4) is 0 Å². The molecule has 0 aliphatic carbocycles. The van der Waals surface area contributed by atoms with Crippen LogP contribution in [0.3, 0.4) is 0 Å². The minimum Gasteiger partial charge on any atom is -0.479 e. The number of likely N-dealkylation sites (N-methyl/N-ethyl adjacent to an activating group) is 1. The number of carbonyl (C=O) groups is 1. The molecule has 0 spiro atoms. The fraction of sp³-hybridized carbons (Fsp3) is 0.500. The van der Waals surface area contributed by atoms with Crippen LogP contribution < -0.4 is 0 Å². The van der Waals surface area contributed by atoms with Crippen LogP contribution in [-0.4, -0.2) is 42.2 Å². The van der Waals surface area contributed by atoms with Crippen LogP contribution in [0.1, 0.15) is 68.2 Å². The van der Waals surface area contributed by atoms with Crippen LogP contribution in [0.25, 0.3) is 0 Å². The van der Waals surface area contributed by atoms with E-state index in [0.29, 0.717) is 18.3 Å². The maximum atomic E-state index is 11.9. The van der Waals surface area contributed by atoms with Crippen LogP contribution in [-0.2, 0) is 9.53 Å². The number of hydrogen-bond donors (Lipinski definition) is 1. The normalized spacial score (nSPS) is 20.4. The van der Waals surface area contributed by atoms with Gasteiger partial charge in [-0.05, 0) is 61.4 Å². The van der Waals surface area contributed by atoms with Crippen LogP contribution >= 0.6 is 0 Å². The van der Waals surface area contributed by atoms with Gasteiger partial charge in [-0.25, -0.2) is 4.79 Å². The van der Waals surface area contributed by atoms with Gasteiger partial charge < -0.3 is 14.7 Å². The van der Waals surface area contributed by atoms with Crippen LogP contribution in [0.4, 0.5) is 0 Å². The minimum atomic E-state index is -0.891. The zero-order valence-electron chi connectivity index (χ0n) is 18.5. The van der Waals surface area contributed by atoms with Gasteiger partial charge >= 0.3 is 5.97 Å². The third-order valence-electron chi connectivity index (χ3n) is 6.33. The molecule has 30 heavy (non-hydrogen) atoms. The Kier molecular flexibility index (Phi) is 8.06. The predicted molar refractivity (Wildman–Crippen MR) is 121 cm³/mol. The van der Waals surface area contributed by atoms with Crippen molar-refractivity contribution < 1.29 is 14.6 Å². The monoisotopic (exact) mass is 409 g/mol. The summed E-state index contributed by atoms with van der Waals surface area (Å²) in [4.78, 5) is 14.3. The van der Waals surface area contributed by atoms with Crippen molar-refractivity contribution in [1.82, 2.24) is 4.90 Å². The maximum Gasteiger partial charge on any atom is 0.332 e. The minimum absolute atomic E-state index is 0.299. The molecule has 4 atom stereocenters. The number of carboxylic acids is 1. The lowest BCUT2D eigenvalue weighted by atomic mass is 9.89. The number of hydrogen-bond acceptors (Lipinski definition) is 3. The van der Waals surface area contributed by atoms with Crippen molar-refractivity contribution in [3.63, 3.8) is 0 Å². The second-order valence-electron chi connectivity index (χ2n) is 8.77. The van der Waals surface area contributed by atoms with Crippen LogP contribution in [0.2, 0.25) is 0 Å². The van der Waals surface area contributed by atoms with Crippen LogP contribution in [0.5, 0.6) is 0 Å². The Morgan fingerprint density at radius 1 is 1.13 bits per heavy atom. The summed E-state index contributed by atoms with van der Waals surface area (Å²) in [6, 6.07) is 18.6. The largest absolute Gasteiger partial charge is 0.479 e. The van der Waals surface area contributed by atoms with Crippen LogP contribution in [0.15, 0.2) is 54.6 Å². The molecule has 0 radical (unpaired) electrons. The second-order valence-corrected chi connectivity index (χ2v) is 8.77. The first-order valence-corrected chi connectivity index (χ1v) is 11.2. The lowest BCUT2D eigenvalue weighted by Gasteiger charge is -2.30. The summed E-state index contributed by atoms with van der Waals surface area (Å²) in [7, 11) is 2.18. The molecule has 4 nitrogen and oxygen atoms in total. The summed E-state index contributed by atoms with van der Waals surface area (Å²) >= 11 is 0. The van der Waals surface area contributed by atoms with Crippen molar-refractivity contribution >= 4 is 5.97 Å². The SMILES string of the molecule is CCC(C)C[C@H](O[C@H](c1ccccc1)c1ccc(C2CCCN(C)C2)cc1)C(=O)O. The van der Waals surface area contributed by atoms with Crippen molar-refractivity contribution in [2.24, 2.45) is 5.92 Å². The molecule has 1 N–H and O–H groups in total. The predicted octanol–water partition coefficient (Wildman–Crippen LogP) is 5.49. The summed E-state index contributed by atoms with van der Waals surface area (Å²) in [5, 5.41) is 9.77. The number of ether oxygens (including phenoxy) is 1. The molecule has 1 heterocycles. The summed E-state index contributed by atoms with van der Waals surface area (Å²) in [5.74, 6) is -0.0302. The van der Waals surface area contributed by atoms with Gasteiger partial charge in [-0.1, -0.05) is 74.9 Å². The van der Waals surface area contributed by atoms with Crippen molar-refractivity contribution in [2.45, 2.75) is 57.7 Å². The molecule has 1 aliphatic rings. The molecule has 2 unspecified atom stereocenters. The molecule has 0 saturated carbocycles. The maximum absolute atomic E-state index is 11.9. The van der Waals surface area contributed by atoms with Crippen molar-refractivity contribution in [3.05, 3.63) is 71.3 Å². The smallest absolute Gasteiger partial charge is 0.332 e. The fourth-order valence-corrected chi connectivity index (χ4v) is 4.27. The standard InChI is InChI=1S/C26H35NO3/c1-4-19(2)17-24(26(28)29)30-25(21-9-6-5-7-10-21)22-14-12-20(13-15-22)23-11-8-16-27(3)18-23/h5-7,9-10,12-15,19,23-25H,4,8,11,16-18H2,1-3H3,(H,28,29)/t19?,23?,24-,25+/m0/s1. The average molecular weight is 410 g/mol. The molecule has 1 aliphatic heterocycles. The lowest BCUT2D eigenvalue weighted by molar-refractivity contribution is -0.154. The van der Waals surface area contributed by atoms with Gasteiger partial charge in [0.25, 0.3) is 0 Å². The molecular weight excluding hydrogens is 374 g/mol. The summed E-state index contributed by atoms with van der Waals surface area (Å²) in [6.07, 6.45) is 2.69. The van der Waals surface area contributed by atoms with Gasteiger partial charge in [-0.2, -0.15) is 0 Å². The van der Waals surface area contributed by atoms with E-state index in [9.17, 15) is 9.90 Å². The highest BCUT2D eigenvalue weighted by Gasteiger charge is 2.27. The Morgan fingerprint density at radius 3 is 2.40 bits per heavy atom. The Bertz CT molecular complexity index is 790. The summed E-state index contributed by atoms with van der Waals surface area (Å²) in [5.41, 5.74) is 3.34. The third-order valence-corrected chi connectivity index (χ3v) is 6.33. The van der Waals surface area contributed by atoms with E-state index in [4.69, 9.17) is 4.74 Å². The van der Waals surface area contributed by atoms with Crippen molar-refractivity contribution in [1.29, 1.82) is 0 Å². The van der Waals surface area contributed by atoms with Gasteiger partial charge in [0.15, 0.2) is 6.10 Å². The van der Waals surface area contributed by atoms with E-state index in [0.717, 1.165) is 24.1 Å². The van der Waals surface area contributed by atoms with E-state index in [1.165, 1.54) is 24.9 Å². The van der Waals surface area contributed by atoms with Gasteiger partial charge in [-0.3, -0.25) is 0 Å². The third kappa shape index (κ3) is 5.93. The quantitative estimate of drug-likeness (QED) is 0.595. The number of benzene rings is 2. The van der Waals surface area contributed by atoms with Gasteiger partial charge in [0.2, 0.25) is 0 Å². The number of rotatable bonds is 9. The van der Waals surface area contributed by atoms with Crippen LogP contribution in [0, 0.1) is 5.92 Å². The molecule has 4 heteroatoms. The molecule has 1 saturated heterocycles. The summed E-state index contributed by atoms with van der Waals surface area (Å²) < 4.78 is 6.25. The topological polar surface area (TPSA) is 49.8 Å². The van der Waals surface area contributed by atoms with E-state index in [1.807, 2.05) is 30.3 Å². The number of nitrogens with zero attached hydrogens (tertiary/aromatic N) is 1. The second kappa shape index (κ2) is 10.7. The van der Waals surface area contributed by atoms with Gasteiger partial charge in [-0.15, -0.1) is 0 Å². The molecule has 162 valence electrons. The molecule has 3 rings (SSSR count).